The van der Waals surface area contributed by atoms with Crippen LogP contribution in [0.25, 0.3) is 0 Å². The molecule has 1 nitrogen and oxygen atoms in total. The number of anilines is 2. The van der Waals surface area contributed by atoms with Gasteiger partial charge in [0.05, 0.1) is 0 Å². The zero-order chi connectivity index (χ0) is 12.3. The van der Waals surface area contributed by atoms with Crippen LogP contribution in [0.2, 0.25) is 0 Å². The van der Waals surface area contributed by atoms with Crippen LogP contribution in [-0.2, 0) is 0 Å². The maximum absolute atomic E-state index is 3.30. The third-order valence-corrected chi connectivity index (χ3v) is 2.34. The molecule has 18 heavy (non-hydrogen) atoms. The standard InChI is InChI=1S/C12H11N.C4H10.Al.3H/c1-3-7-11(8-4-1)13-12-9-5-2-6-10-12;1-3-4-2;;;;/h1-10,13H;3-4H2,1-2H3;;;;. The monoisotopic (exact) mass is 257 g/mol. The molecule has 2 heteroatoms. The summed E-state index contributed by atoms with van der Waals surface area (Å²) in [4.78, 5) is 0. The molecule has 0 radical (unpaired) electrons. The minimum absolute atomic E-state index is 0. The summed E-state index contributed by atoms with van der Waals surface area (Å²) in [6.45, 7) is 4.36. The van der Waals surface area contributed by atoms with Crippen molar-refractivity contribution in [3.8, 4) is 0 Å². The first-order valence-corrected chi connectivity index (χ1v) is 6.24. The van der Waals surface area contributed by atoms with Gasteiger partial charge in [-0.15, -0.1) is 0 Å². The van der Waals surface area contributed by atoms with Crippen LogP contribution in [0.5, 0.6) is 0 Å². The van der Waals surface area contributed by atoms with Gasteiger partial charge in [-0.05, 0) is 24.3 Å². The first-order chi connectivity index (χ1) is 8.36. The highest BCUT2D eigenvalue weighted by Crippen LogP contribution is 2.14. The molecule has 0 saturated carbocycles. The number of nitrogens with one attached hydrogen (secondary N) is 1. The molecule has 0 aliphatic heterocycles. The van der Waals surface area contributed by atoms with Gasteiger partial charge >= 0.3 is 0 Å². The van der Waals surface area contributed by atoms with Gasteiger partial charge in [0.25, 0.3) is 0 Å². The molecule has 0 amide bonds. The van der Waals surface area contributed by atoms with Gasteiger partial charge in [0, 0.05) is 11.4 Å². The average Bonchev–Trinajstić information content (AvgIpc) is 2.41. The van der Waals surface area contributed by atoms with Gasteiger partial charge in [-0.1, -0.05) is 63.1 Å². The predicted octanol–water partition coefficient (Wildman–Crippen LogP) is 4.05. The Morgan fingerprint density at radius 1 is 0.667 bits per heavy atom. The van der Waals surface area contributed by atoms with Gasteiger partial charge in [-0.25, -0.2) is 0 Å². The Morgan fingerprint density at radius 3 is 1.28 bits per heavy atom. The maximum Gasteiger partial charge on any atom is 0.187 e. The molecule has 0 fully saturated rings. The molecular weight excluding hydrogens is 233 g/mol. The van der Waals surface area contributed by atoms with Crippen LogP contribution in [-0.4, -0.2) is 17.4 Å². The Kier molecular flexibility index (Phi) is 10.2. The first-order valence-electron chi connectivity index (χ1n) is 6.24. The summed E-state index contributed by atoms with van der Waals surface area (Å²) in [6, 6.07) is 20.3. The highest BCUT2D eigenvalue weighted by atomic mass is 27.0. The molecule has 2 rings (SSSR count). The molecule has 0 aliphatic rings. The third kappa shape index (κ3) is 7.17. The van der Waals surface area contributed by atoms with Crippen LogP contribution in [0.15, 0.2) is 60.7 Å². The Balaban J connectivity index is 0.000000512. The molecule has 0 aromatic heterocycles. The molecule has 0 heterocycles. The number of rotatable bonds is 3. The minimum atomic E-state index is 0. The van der Waals surface area contributed by atoms with Crippen molar-refractivity contribution in [3.63, 3.8) is 0 Å². The van der Waals surface area contributed by atoms with Crippen LogP contribution >= 0.6 is 0 Å². The van der Waals surface area contributed by atoms with E-state index in [1.54, 1.807) is 0 Å². The lowest BCUT2D eigenvalue weighted by molar-refractivity contribution is 0.886. The Morgan fingerprint density at radius 2 is 1.00 bits per heavy atom. The number of unbranched alkanes of at least 4 members (excludes halogenated alkanes) is 1. The van der Waals surface area contributed by atoms with Crippen molar-refractivity contribution in [2.75, 3.05) is 5.32 Å². The second-order valence-electron chi connectivity index (χ2n) is 3.86. The molecule has 0 bridgehead atoms. The van der Waals surface area contributed by atoms with Crippen molar-refractivity contribution in [3.05, 3.63) is 60.7 Å². The molecular formula is C16H24AlN. The SMILES string of the molecule is CCCC.[AlH3].c1ccc(Nc2ccccc2)cc1. The lowest BCUT2D eigenvalue weighted by atomic mass is 10.3. The number of benzene rings is 2. The molecule has 0 saturated heterocycles. The molecule has 2 aromatic rings. The molecule has 2 aromatic carbocycles. The topological polar surface area (TPSA) is 12.0 Å². The van der Waals surface area contributed by atoms with Gasteiger partial charge < -0.3 is 5.32 Å². The molecule has 1 N–H and O–H groups in total. The quantitative estimate of drug-likeness (QED) is 0.818. The molecule has 0 unspecified atom stereocenters. The van der Waals surface area contributed by atoms with E-state index in [0.29, 0.717) is 0 Å². The van der Waals surface area contributed by atoms with Gasteiger partial charge in [0.2, 0.25) is 0 Å². The van der Waals surface area contributed by atoms with Gasteiger partial charge in [0.1, 0.15) is 0 Å². The van der Waals surface area contributed by atoms with E-state index in [1.165, 1.54) is 12.8 Å². The maximum atomic E-state index is 3.30. The van der Waals surface area contributed by atoms with E-state index >= 15 is 0 Å². The number of para-hydroxylation sites is 2. The van der Waals surface area contributed by atoms with Crippen LogP contribution in [0.1, 0.15) is 26.7 Å². The summed E-state index contributed by atoms with van der Waals surface area (Å²) in [5, 5.41) is 3.30. The van der Waals surface area contributed by atoms with Crippen molar-refractivity contribution in [1.82, 2.24) is 0 Å². The van der Waals surface area contributed by atoms with Crippen LogP contribution in [0.3, 0.4) is 0 Å². The zero-order valence-electron chi connectivity index (χ0n) is 10.7. The van der Waals surface area contributed by atoms with E-state index in [2.05, 4.69) is 19.2 Å². The van der Waals surface area contributed by atoms with Gasteiger partial charge in [-0.2, -0.15) is 0 Å². The van der Waals surface area contributed by atoms with Crippen molar-refractivity contribution in [2.24, 2.45) is 0 Å². The first kappa shape index (κ1) is 16.8. The largest absolute Gasteiger partial charge is 0.356 e. The zero-order valence-corrected chi connectivity index (χ0v) is 10.7. The van der Waals surface area contributed by atoms with Crippen molar-refractivity contribution < 1.29 is 0 Å². The second-order valence-corrected chi connectivity index (χ2v) is 3.86. The van der Waals surface area contributed by atoms with Crippen LogP contribution in [0.4, 0.5) is 11.4 Å². The second kappa shape index (κ2) is 10.9. The van der Waals surface area contributed by atoms with E-state index in [0.717, 1.165) is 11.4 Å². The van der Waals surface area contributed by atoms with E-state index in [-0.39, 0.29) is 17.4 Å². The van der Waals surface area contributed by atoms with E-state index in [4.69, 9.17) is 0 Å². The number of hydrogen-bond acceptors (Lipinski definition) is 1. The van der Waals surface area contributed by atoms with Crippen molar-refractivity contribution >= 4 is 28.7 Å². The smallest absolute Gasteiger partial charge is 0.187 e. The van der Waals surface area contributed by atoms with Gasteiger partial charge in [0.15, 0.2) is 17.4 Å². The summed E-state index contributed by atoms with van der Waals surface area (Å²) in [7, 11) is 0. The summed E-state index contributed by atoms with van der Waals surface area (Å²) in [5.41, 5.74) is 2.24. The van der Waals surface area contributed by atoms with E-state index in [1.807, 2.05) is 60.7 Å². The third-order valence-electron chi connectivity index (χ3n) is 2.34. The van der Waals surface area contributed by atoms with Crippen molar-refractivity contribution in [1.29, 1.82) is 0 Å². The summed E-state index contributed by atoms with van der Waals surface area (Å²) < 4.78 is 0. The van der Waals surface area contributed by atoms with Crippen molar-refractivity contribution in [2.45, 2.75) is 26.7 Å². The minimum Gasteiger partial charge on any atom is -0.356 e. The van der Waals surface area contributed by atoms with Crippen LogP contribution in [0, 0.1) is 0 Å². The molecule has 0 aliphatic carbocycles. The number of hydrogen-bond donors (Lipinski definition) is 1. The van der Waals surface area contributed by atoms with E-state index < -0.39 is 0 Å². The summed E-state index contributed by atoms with van der Waals surface area (Å²) in [5.74, 6) is 0. The fraction of sp³-hybridized carbons (Fsp3) is 0.250. The highest BCUT2D eigenvalue weighted by Gasteiger charge is 1.89. The normalized spacial score (nSPS) is 8.56. The fourth-order valence-electron chi connectivity index (χ4n) is 1.21. The Hall–Kier alpha value is -1.23. The fourth-order valence-corrected chi connectivity index (χ4v) is 1.21. The molecule has 0 atom stereocenters. The molecule has 96 valence electrons. The average molecular weight is 257 g/mol. The molecule has 0 spiro atoms. The summed E-state index contributed by atoms with van der Waals surface area (Å²) in [6.07, 6.45) is 2.64. The highest BCUT2D eigenvalue weighted by molar-refractivity contribution is 5.75. The van der Waals surface area contributed by atoms with Crippen LogP contribution < -0.4 is 5.32 Å². The Bertz CT molecular complexity index is 347. The lowest BCUT2D eigenvalue weighted by Crippen LogP contribution is -1.87. The van der Waals surface area contributed by atoms with E-state index in [9.17, 15) is 0 Å². The lowest BCUT2D eigenvalue weighted by Gasteiger charge is -2.04. The summed E-state index contributed by atoms with van der Waals surface area (Å²) >= 11 is 0. The van der Waals surface area contributed by atoms with Gasteiger partial charge in [-0.3, -0.25) is 0 Å². The Labute approximate surface area is 121 Å². The predicted molar refractivity (Wildman–Crippen MR) is 86.7 cm³/mol.